The number of nitrogens with zero attached hydrogens (tertiary/aromatic N) is 2. The van der Waals surface area contributed by atoms with Gasteiger partial charge in [0.1, 0.15) is 11.5 Å². The minimum absolute atomic E-state index is 0.153. The summed E-state index contributed by atoms with van der Waals surface area (Å²) < 4.78 is 10.7. The Kier molecular flexibility index (Phi) is 10.2. The number of ether oxygens (including phenoxy) is 2. The Balaban J connectivity index is 0.000000193. The summed E-state index contributed by atoms with van der Waals surface area (Å²) in [5.74, 6) is 2.09. The van der Waals surface area contributed by atoms with Crippen molar-refractivity contribution in [3.8, 4) is 11.5 Å². The minimum Gasteiger partial charge on any atom is -0.496 e. The van der Waals surface area contributed by atoms with Crippen LogP contribution in [0.3, 0.4) is 0 Å². The molecule has 1 atom stereocenters. The number of benzene rings is 2. The first-order valence-electron chi connectivity index (χ1n) is 13.0. The Morgan fingerprint density at radius 2 is 1.67 bits per heavy atom. The first-order valence-corrected chi connectivity index (χ1v) is 13.0. The van der Waals surface area contributed by atoms with E-state index in [4.69, 9.17) is 9.47 Å². The van der Waals surface area contributed by atoms with Crippen LogP contribution in [0.15, 0.2) is 42.5 Å². The maximum atomic E-state index is 11.3. The molecule has 0 aromatic heterocycles. The van der Waals surface area contributed by atoms with Gasteiger partial charge in [-0.2, -0.15) is 0 Å². The number of aliphatic hydroxyl groups is 1. The topological polar surface area (TPSA) is 74.3 Å². The number of hydrogen-bond acceptors (Lipinski definition) is 6. The van der Waals surface area contributed by atoms with Crippen LogP contribution in [0.4, 0.5) is 0 Å². The van der Waals surface area contributed by atoms with Crippen LogP contribution in [0.2, 0.25) is 0 Å². The molecule has 7 heteroatoms. The number of carbonyl (C=O) groups excluding carboxylic acids is 1. The maximum Gasteiger partial charge on any atom is 0.220 e. The third-order valence-electron chi connectivity index (χ3n) is 6.98. The second kappa shape index (κ2) is 13.1. The standard InChI is InChI=1S/C15H20N2O2.C12H17NO2.C2H6/c1-11-3-4-12(13(5-11)19-2)7-17-9-15(10-17)6-14(18)16-8-15;1-15-12-5-3-2-4-10(12)8-13-7-6-11(14)9-13;1-2/h3-5H,6-10H2,1-2H3,(H,16,18);2-5,11,14H,6-9H2,1H3;1-2H3. The van der Waals surface area contributed by atoms with E-state index in [9.17, 15) is 9.90 Å². The largest absolute Gasteiger partial charge is 0.496 e. The van der Waals surface area contributed by atoms with Crippen LogP contribution in [-0.2, 0) is 17.9 Å². The first-order chi connectivity index (χ1) is 17.4. The highest BCUT2D eigenvalue weighted by Crippen LogP contribution is 2.38. The monoisotopic (exact) mass is 497 g/mol. The Labute approximate surface area is 216 Å². The lowest BCUT2D eigenvalue weighted by atomic mass is 9.79. The SMILES string of the molecule is CC.COc1cc(C)ccc1CN1CC2(CNC(=O)C2)C1.COc1ccccc1CN1CCC(O)C1. The van der Waals surface area contributed by atoms with Gasteiger partial charge < -0.3 is 19.9 Å². The fourth-order valence-corrected chi connectivity index (χ4v) is 5.24. The van der Waals surface area contributed by atoms with Crippen molar-refractivity contribution in [2.45, 2.75) is 52.8 Å². The van der Waals surface area contributed by atoms with Crippen LogP contribution in [0.1, 0.15) is 43.4 Å². The molecule has 5 rings (SSSR count). The second-order valence-electron chi connectivity index (χ2n) is 9.90. The van der Waals surface area contributed by atoms with Crippen LogP contribution in [0.5, 0.6) is 11.5 Å². The van der Waals surface area contributed by atoms with Gasteiger partial charge in [-0.1, -0.05) is 44.2 Å². The third-order valence-corrected chi connectivity index (χ3v) is 6.98. The number of likely N-dealkylation sites (tertiary alicyclic amines) is 2. The molecule has 1 amide bonds. The zero-order valence-corrected chi connectivity index (χ0v) is 22.5. The minimum atomic E-state index is -0.153. The van der Waals surface area contributed by atoms with E-state index in [0.29, 0.717) is 6.42 Å². The molecular weight excluding hydrogens is 454 g/mol. The van der Waals surface area contributed by atoms with Gasteiger partial charge >= 0.3 is 0 Å². The van der Waals surface area contributed by atoms with Crippen molar-refractivity contribution in [2.24, 2.45) is 5.41 Å². The molecule has 3 saturated heterocycles. The van der Waals surface area contributed by atoms with Gasteiger partial charge in [0, 0.05) is 68.8 Å². The van der Waals surface area contributed by atoms with Crippen molar-refractivity contribution in [1.82, 2.24) is 15.1 Å². The van der Waals surface area contributed by atoms with Gasteiger partial charge in [-0.25, -0.2) is 0 Å². The number of para-hydroxylation sites is 1. The fourth-order valence-electron chi connectivity index (χ4n) is 5.24. The number of aliphatic hydroxyl groups excluding tert-OH is 1. The van der Waals surface area contributed by atoms with Crippen LogP contribution in [-0.4, -0.2) is 73.9 Å². The van der Waals surface area contributed by atoms with Crippen molar-refractivity contribution in [1.29, 1.82) is 0 Å². The molecule has 0 aliphatic carbocycles. The number of β-amino-alcohol motifs (C(OH)–C–C–N with tert-alkyl or cyclic N) is 1. The first kappa shape index (κ1) is 28.0. The Morgan fingerprint density at radius 1 is 1.00 bits per heavy atom. The molecule has 7 nitrogen and oxygen atoms in total. The molecule has 3 aliphatic rings. The molecule has 2 N–H and O–H groups in total. The van der Waals surface area contributed by atoms with E-state index in [-0.39, 0.29) is 17.4 Å². The average molecular weight is 498 g/mol. The van der Waals surface area contributed by atoms with Crippen molar-refractivity contribution in [3.05, 3.63) is 59.2 Å². The molecule has 2 aromatic carbocycles. The van der Waals surface area contributed by atoms with E-state index < -0.39 is 0 Å². The highest BCUT2D eigenvalue weighted by Gasteiger charge is 2.47. The molecule has 2 aromatic rings. The smallest absolute Gasteiger partial charge is 0.220 e. The second-order valence-corrected chi connectivity index (χ2v) is 9.90. The van der Waals surface area contributed by atoms with Crippen LogP contribution < -0.4 is 14.8 Å². The van der Waals surface area contributed by atoms with Gasteiger partial charge in [0.15, 0.2) is 0 Å². The molecule has 0 saturated carbocycles. The van der Waals surface area contributed by atoms with Crippen molar-refractivity contribution < 1.29 is 19.4 Å². The van der Waals surface area contributed by atoms with Crippen LogP contribution in [0, 0.1) is 12.3 Å². The Bertz CT molecular complexity index is 990. The molecule has 0 radical (unpaired) electrons. The molecule has 36 heavy (non-hydrogen) atoms. The van der Waals surface area contributed by atoms with E-state index in [1.165, 1.54) is 16.7 Å². The molecule has 3 aliphatic heterocycles. The Morgan fingerprint density at radius 3 is 2.28 bits per heavy atom. The Hall–Kier alpha value is -2.61. The number of hydrogen-bond donors (Lipinski definition) is 2. The van der Waals surface area contributed by atoms with Gasteiger partial charge in [0.25, 0.3) is 0 Å². The van der Waals surface area contributed by atoms with E-state index in [1.807, 2.05) is 32.0 Å². The van der Waals surface area contributed by atoms with Gasteiger partial charge in [0.05, 0.1) is 20.3 Å². The van der Waals surface area contributed by atoms with Crippen molar-refractivity contribution in [3.63, 3.8) is 0 Å². The number of rotatable bonds is 6. The number of carbonyl (C=O) groups is 1. The number of nitrogens with one attached hydrogen (secondary N) is 1. The predicted molar refractivity (Wildman–Crippen MR) is 143 cm³/mol. The summed E-state index contributed by atoms with van der Waals surface area (Å²) in [6.07, 6.45) is 1.42. The summed E-state index contributed by atoms with van der Waals surface area (Å²) >= 11 is 0. The summed E-state index contributed by atoms with van der Waals surface area (Å²) in [6, 6.07) is 14.4. The van der Waals surface area contributed by atoms with Gasteiger partial charge in [-0.15, -0.1) is 0 Å². The molecule has 1 unspecified atom stereocenters. The van der Waals surface area contributed by atoms with E-state index >= 15 is 0 Å². The third kappa shape index (κ3) is 7.21. The molecule has 3 fully saturated rings. The summed E-state index contributed by atoms with van der Waals surface area (Å²) in [7, 11) is 3.41. The summed E-state index contributed by atoms with van der Waals surface area (Å²) in [4.78, 5) is 15.9. The maximum absolute atomic E-state index is 11.3. The molecular formula is C29H43N3O4. The predicted octanol–water partition coefficient (Wildman–Crippen LogP) is 3.61. The summed E-state index contributed by atoms with van der Waals surface area (Å²) in [6.45, 7) is 12.4. The van der Waals surface area contributed by atoms with E-state index in [2.05, 4.69) is 46.3 Å². The molecule has 3 heterocycles. The normalized spacial score (nSPS) is 20.5. The lowest BCUT2D eigenvalue weighted by Gasteiger charge is -2.47. The molecule has 0 bridgehead atoms. The average Bonchev–Trinajstić information content (AvgIpc) is 3.47. The summed E-state index contributed by atoms with van der Waals surface area (Å²) in [5, 5.41) is 12.4. The summed E-state index contributed by atoms with van der Waals surface area (Å²) in [5.41, 5.74) is 3.83. The number of aryl methyl sites for hydroxylation is 1. The lowest BCUT2D eigenvalue weighted by molar-refractivity contribution is -0.120. The van der Waals surface area contributed by atoms with Gasteiger partial charge in [0.2, 0.25) is 5.91 Å². The zero-order chi connectivity index (χ0) is 26.1. The quantitative estimate of drug-likeness (QED) is 0.635. The lowest BCUT2D eigenvalue weighted by Crippen LogP contribution is -2.56. The highest BCUT2D eigenvalue weighted by atomic mass is 16.5. The van der Waals surface area contributed by atoms with Crippen LogP contribution in [0.25, 0.3) is 0 Å². The van der Waals surface area contributed by atoms with E-state index in [0.717, 1.165) is 63.7 Å². The van der Waals surface area contributed by atoms with Crippen molar-refractivity contribution in [2.75, 3.05) is 46.9 Å². The van der Waals surface area contributed by atoms with Crippen LogP contribution >= 0.6 is 0 Å². The van der Waals surface area contributed by atoms with E-state index in [1.54, 1.807) is 14.2 Å². The zero-order valence-electron chi connectivity index (χ0n) is 22.5. The van der Waals surface area contributed by atoms with Gasteiger partial charge in [-0.3, -0.25) is 14.6 Å². The number of methoxy groups -OCH3 is 2. The highest BCUT2D eigenvalue weighted by molar-refractivity contribution is 5.79. The van der Waals surface area contributed by atoms with Crippen molar-refractivity contribution >= 4 is 5.91 Å². The van der Waals surface area contributed by atoms with Gasteiger partial charge in [-0.05, 0) is 31.0 Å². The number of amides is 1. The fraction of sp³-hybridized carbons (Fsp3) is 0.552. The molecule has 1 spiro atoms. The molecule has 198 valence electrons.